The number of hydrogen-bond donors (Lipinski definition) is 1. The van der Waals surface area contributed by atoms with E-state index >= 15 is 0 Å². The largest absolute Gasteiger partial charge is 0.314 e. The van der Waals surface area contributed by atoms with E-state index in [9.17, 15) is 8.42 Å². The van der Waals surface area contributed by atoms with Gasteiger partial charge in [-0.15, -0.1) is 0 Å². The smallest absolute Gasteiger partial charge is 0.153 e. The summed E-state index contributed by atoms with van der Waals surface area (Å²) in [6.07, 6.45) is 5.80. The van der Waals surface area contributed by atoms with Gasteiger partial charge in [-0.25, -0.2) is 8.42 Å². The molecule has 96 valence electrons. The molecule has 1 aliphatic rings. The summed E-state index contributed by atoms with van der Waals surface area (Å²) in [4.78, 5) is 0. The van der Waals surface area contributed by atoms with Gasteiger partial charge in [-0.05, 0) is 39.2 Å². The van der Waals surface area contributed by atoms with Crippen LogP contribution in [0, 0.1) is 0 Å². The molecule has 0 spiro atoms. The maximum absolute atomic E-state index is 12.0. The van der Waals surface area contributed by atoms with Gasteiger partial charge >= 0.3 is 0 Å². The maximum Gasteiger partial charge on any atom is 0.153 e. The van der Waals surface area contributed by atoms with E-state index in [1.165, 1.54) is 0 Å². The lowest BCUT2D eigenvalue weighted by Gasteiger charge is -2.15. The van der Waals surface area contributed by atoms with Crippen molar-refractivity contribution in [1.29, 1.82) is 0 Å². The summed E-state index contributed by atoms with van der Waals surface area (Å²) in [6.45, 7) is 5.17. The van der Waals surface area contributed by atoms with Crippen molar-refractivity contribution in [3.05, 3.63) is 0 Å². The van der Waals surface area contributed by atoms with Gasteiger partial charge in [0.1, 0.15) is 0 Å². The Morgan fingerprint density at radius 1 is 1.31 bits per heavy atom. The molecule has 4 heteroatoms. The molecule has 0 aliphatic heterocycles. The molecule has 3 nitrogen and oxygen atoms in total. The van der Waals surface area contributed by atoms with E-state index in [-0.39, 0.29) is 5.25 Å². The minimum atomic E-state index is -2.82. The van der Waals surface area contributed by atoms with Crippen molar-refractivity contribution in [1.82, 2.24) is 5.32 Å². The van der Waals surface area contributed by atoms with E-state index < -0.39 is 9.84 Å². The van der Waals surface area contributed by atoms with Crippen LogP contribution >= 0.6 is 0 Å². The minimum absolute atomic E-state index is 0.0362. The molecule has 0 aromatic rings. The van der Waals surface area contributed by atoms with Gasteiger partial charge in [0.15, 0.2) is 9.84 Å². The predicted octanol–water partition coefficient (Wildman–Crippen LogP) is 2.12. The van der Waals surface area contributed by atoms with Crippen LogP contribution in [-0.2, 0) is 9.84 Å². The molecule has 0 aromatic carbocycles. The van der Waals surface area contributed by atoms with Crippen molar-refractivity contribution in [2.24, 2.45) is 0 Å². The first-order valence-corrected chi connectivity index (χ1v) is 8.22. The summed E-state index contributed by atoms with van der Waals surface area (Å²) < 4.78 is 24.0. The monoisotopic (exact) mass is 247 g/mol. The van der Waals surface area contributed by atoms with E-state index in [4.69, 9.17) is 0 Å². The van der Waals surface area contributed by atoms with E-state index in [1.807, 2.05) is 0 Å². The summed E-state index contributed by atoms with van der Waals surface area (Å²) in [5.74, 6) is 0.357. The molecule has 0 heterocycles. The summed E-state index contributed by atoms with van der Waals surface area (Å²) in [5.41, 5.74) is 0. The second-order valence-electron chi connectivity index (χ2n) is 4.92. The quantitative estimate of drug-likeness (QED) is 0.749. The normalized spacial score (nSPS) is 20.1. The van der Waals surface area contributed by atoms with Gasteiger partial charge in [0.05, 0.1) is 11.0 Å². The van der Waals surface area contributed by atoms with Crippen LogP contribution < -0.4 is 5.32 Å². The van der Waals surface area contributed by atoms with Gasteiger partial charge in [-0.2, -0.15) is 0 Å². The summed E-state index contributed by atoms with van der Waals surface area (Å²) in [5, 5.41) is 3.29. The van der Waals surface area contributed by atoms with Gasteiger partial charge in [0.2, 0.25) is 0 Å². The van der Waals surface area contributed by atoms with Crippen LogP contribution in [0.5, 0.6) is 0 Å². The fourth-order valence-electron chi connectivity index (χ4n) is 2.25. The molecule has 1 unspecified atom stereocenters. The fourth-order valence-corrected chi connectivity index (χ4v) is 4.31. The number of sulfone groups is 1. The highest BCUT2D eigenvalue weighted by Crippen LogP contribution is 2.25. The molecule has 0 radical (unpaired) electrons. The zero-order chi connectivity index (χ0) is 12.0. The van der Waals surface area contributed by atoms with Crippen LogP contribution in [0.2, 0.25) is 0 Å². The van der Waals surface area contributed by atoms with Gasteiger partial charge < -0.3 is 5.32 Å². The Kier molecular flexibility index (Phi) is 5.76. The number of rotatable bonds is 7. The molecule has 1 saturated carbocycles. The lowest BCUT2D eigenvalue weighted by atomic mass is 10.2. The highest BCUT2D eigenvalue weighted by atomic mass is 32.2. The van der Waals surface area contributed by atoms with Gasteiger partial charge in [-0.1, -0.05) is 19.8 Å². The first-order chi connectivity index (χ1) is 7.56. The maximum atomic E-state index is 12.0. The Labute approximate surface area is 99.9 Å². The molecule has 1 rings (SSSR count). The first-order valence-electron chi connectivity index (χ1n) is 6.51. The minimum Gasteiger partial charge on any atom is -0.314 e. The van der Waals surface area contributed by atoms with Crippen molar-refractivity contribution in [3.8, 4) is 0 Å². The highest BCUT2D eigenvalue weighted by Gasteiger charge is 2.28. The van der Waals surface area contributed by atoms with Crippen LogP contribution in [-0.4, -0.2) is 32.0 Å². The third kappa shape index (κ3) is 4.42. The average molecular weight is 247 g/mol. The van der Waals surface area contributed by atoms with Crippen molar-refractivity contribution >= 4 is 9.84 Å². The molecular weight excluding hydrogens is 222 g/mol. The van der Waals surface area contributed by atoms with E-state index in [2.05, 4.69) is 19.2 Å². The molecule has 0 aromatic heterocycles. The van der Waals surface area contributed by atoms with Gasteiger partial charge in [-0.3, -0.25) is 0 Å². The standard InChI is InChI=1S/C12H25NO2S/c1-3-9-13-11(2)8-10-16(14,15)12-6-4-5-7-12/h11-13H,3-10H2,1-2H3. The van der Waals surface area contributed by atoms with Crippen LogP contribution in [0.15, 0.2) is 0 Å². The van der Waals surface area contributed by atoms with Crippen LogP contribution in [0.4, 0.5) is 0 Å². The van der Waals surface area contributed by atoms with Crippen LogP contribution in [0.3, 0.4) is 0 Å². The van der Waals surface area contributed by atoms with E-state index in [0.29, 0.717) is 11.8 Å². The molecule has 1 N–H and O–H groups in total. The Balaban J connectivity index is 2.30. The van der Waals surface area contributed by atoms with Gasteiger partial charge in [0.25, 0.3) is 0 Å². The number of hydrogen-bond acceptors (Lipinski definition) is 3. The Hall–Kier alpha value is -0.0900. The second kappa shape index (κ2) is 6.60. The molecule has 0 bridgehead atoms. The predicted molar refractivity (Wildman–Crippen MR) is 68.4 cm³/mol. The van der Waals surface area contributed by atoms with Crippen LogP contribution in [0.1, 0.15) is 52.4 Å². The Morgan fingerprint density at radius 2 is 1.94 bits per heavy atom. The number of nitrogens with one attached hydrogen (secondary N) is 1. The SMILES string of the molecule is CCCNC(C)CCS(=O)(=O)C1CCCC1. The van der Waals surface area contributed by atoms with E-state index in [0.717, 1.165) is 45.1 Å². The van der Waals surface area contributed by atoms with Gasteiger partial charge in [0, 0.05) is 6.04 Å². The lowest BCUT2D eigenvalue weighted by Crippen LogP contribution is -2.31. The van der Waals surface area contributed by atoms with Crippen molar-refractivity contribution < 1.29 is 8.42 Å². The molecule has 16 heavy (non-hydrogen) atoms. The molecule has 1 aliphatic carbocycles. The summed E-state index contributed by atoms with van der Waals surface area (Å²) in [7, 11) is -2.82. The third-order valence-electron chi connectivity index (χ3n) is 3.39. The summed E-state index contributed by atoms with van der Waals surface area (Å²) in [6, 6.07) is 0.316. The Morgan fingerprint density at radius 3 is 2.50 bits per heavy atom. The summed E-state index contributed by atoms with van der Waals surface area (Å²) >= 11 is 0. The molecule has 0 saturated heterocycles. The first kappa shape index (κ1) is 14.0. The van der Waals surface area contributed by atoms with Crippen molar-refractivity contribution in [3.63, 3.8) is 0 Å². The fraction of sp³-hybridized carbons (Fsp3) is 1.00. The average Bonchev–Trinajstić information content (AvgIpc) is 2.77. The zero-order valence-electron chi connectivity index (χ0n) is 10.5. The zero-order valence-corrected chi connectivity index (χ0v) is 11.4. The van der Waals surface area contributed by atoms with Crippen molar-refractivity contribution in [2.75, 3.05) is 12.3 Å². The highest BCUT2D eigenvalue weighted by molar-refractivity contribution is 7.92. The molecule has 0 amide bonds. The Bertz CT molecular complexity index is 281. The molecule has 1 atom stereocenters. The second-order valence-corrected chi connectivity index (χ2v) is 7.32. The van der Waals surface area contributed by atoms with E-state index in [1.54, 1.807) is 0 Å². The topological polar surface area (TPSA) is 46.2 Å². The lowest BCUT2D eigenvalue weighted by molar-refractivity contribution is 0.522. The van der Waals surface area contributed by atoms with Crippen LogP contribution in [0.25, 0.3) is 0 Å². The molecular formula is C12H25NO2S. The third-order valence-corrected chi connectivity index (χ3v) is 5.68. The van der Waals surface area contributed by atoms with Crippen molar-refractivity contribution in [2.45, 2.75) is 63.7 Å². The molecule has 1 fully saturated rings.